The Bertz CT molecular complexity index is 504. The molecule has 0 spiro atoms. The molecule has 0 unspecified atom stereocenters. The molecule has 0 radical (unpaired) electrons. The topological polar surface area (TPSA) is 25.2 Å². The Morgan fingerprint density at radius 3 is 2.62 bits per heavy atom. The van der Waals surface area contributed by atoms with Crippen LogP contribution >= 0.6 is 11.6 Å². The van der Waals surface area contributed by atoms with E-state index in [-0.39, 0.29) is 0 Å². The molecule has 1 aromatic heterocycles. The molecule has 0 bridgehead atoms. The normalized spacial score (nSPS) is 10.9. The number of aromatic nitrogens is 1. The minimum absolute atomic E-state index is 0.728. The maximum atomic E-state index is 5.80. The number of benzene rings is 1. The van der Waals surface area contributed by atoms with Crippen molar-refractivity contribution in [3.63, 3.8) is 0 Å². The zero-order valence-corrected chi connectivity index (χ0v) is 9.65. The lowest BCUT2D eigenvalue weighted by Crippen LogP contribution is -1.82. The van der Waals surface area contributed by atoms with Crippen LogP contribution in [0.2, 0.25) is 5.02 Å². The van der Waals surface area contributed by atoms with E-state index in [0.717, 1.165) is 22.0 Å². The summed E-state index contributed by atoms with van der Waals surface area (Å²) in [6.07, 6.45) is 3.52. The van der Waals surface area contributed by atoms with E-state index < -0.39 is 0 Å². The van der Waals surface area contributed by atoms with Crippen molar-refractivity contribution in [2.45, 2.75) is 6.92 Å². The average Bonchev–Trinajstić information content (AvgIpc) is 2.30. The molecule has 0 fully saturated rings. The summed E-state index contributed by atoms with van der Waals surface area (Å²) in [6.45, 7) is 1.99. The maximum Gasteiger partial charge on any atom is 0.154 e. The average molecular weight is 231 g/mol. The Morgan fingerprint density at radius 1 is 1.19 bits per heavy atom. The highest BCUT2D eigenvalue weighted by atomic mass is 35.5. The van der Waals surface area contributed by atoms with Crippen LogP contribution in [0.5, 0.6) is 0 Å². The number of halogens is 1. The van der Waals surface area contributed by atoms with Crippen molar-refractivity contribution in [3.8, 4) is 0 Å². The number of aliphatic imine (C=N–C) groups is 1. The smallest absolute Gasteiger partial charge is 0.154 e. The molecule has 1 heterocycles. The summed E-state index contributed by atoms with van der Waals surface area (Å²) in [5.41, 5.74) is 2.07. The highest BCUT2D eigenvalue weighted by molar-refractivity contribution is 6.30. The van der Waals surface area contributed by atoms with Crippen molar-refractivity contribution < 1.29 is 0 Å². The highest BCUT2D eigenvalue weighted by Gasteiger charge is 1.94. The first kappa shape index (κ1) is 10.8. The summed E-state index contributed by atoms with van der Waals surface area (Å²) in [4.78, 5) is 8.51. The zero-order chi connectivity index (χ0) is 11.4. The van der Waals surface area contributed by atoms with Gasteiger partial charge in [0.1, 0.15) is 0 Å². The molecule has 2 aromatic rings. The molecule has 3 heteroatoms. The first-order chi connectivity index (χ1) is 7.75. The van der Waals surface area contributed by atoms with Crippen molar-refractivity contribution in [1.82, 2.24) is 4.98 Å². The molecule has 1 aromatic carbocycles. The molecular weight excluding hydrogens is 220 g/mol. The quantitative estimate of drug-likeness (QED) is 0.721. The Hall–Kier alpha value is -1.67. The molecule has 2 nitrogen and oxygen atoms in total. The number of pyridine rings is 1. The molecule has 0 amide bonds. The van der Waals surface area contributed by atoms with Crippen LogP contribution < -0.4 is 0 Å². The third-order valence-electron chi connectivity index (χ3n) is 2.19. The second-order valence-corrected chi connectivity index (χ2v) is 3.89. The van der Waals surface area contributed by atoms with E-state index in [4.69, 9.17) is 11.6 Å². The largest absolute Gasteiger partial charge is 0.237 e. The molecule has 0 aliphatic rings. The molecule has 0 aliphatic heterocycles. The van der Waals surface area contributed by atoms with Gasteiger partial charge in [-0.1, -0.05) is 29.8 Å². The van der Waals surface area contributed by atoms with Gasteiger partial charge in [0.15, 0.2) is 5.82 Å². The summed E-state index contributed by atoms with van der Waals surface area (Å²) in [6, 6.07) is 11.4. The first-order valence-corrected chi connectivity index (χ1v) is 5.35. The van der Waals surface area contributed by atoms with Gasteiger partial charge in [-0.25, -0.2) is 9.98 Å². The Balaban J connectivity index is 2.21. The van der Waals surface area contributed by atoms with Crippen molar-refractivity contribution in [2.24, 2.45) is 4.99 Å². The third-order valence-corrected chi connectivity index (χ3v) is 2.44. The molecule has 0 saturated carbocycles. The number of nitrogens with zero attached hydrogens (tertiary/aromatic N) is 2. The van der Waals surface area contributed by atoms with Crippen LogP contribution in [0.3, 0.4) is 0 Å². The van der Waals surface area contributed by atoms with Gasteiger partial charge < -0.3 is 0 Å². The SMILES string of the molecule is Cc1cccnc1/N=C/c1ccc(Cl)cc1. The molecule has 0 atom stereocenters. The Kier molecular flexibility index (Phi) is 3.32. The van der Waals surface area contributed by atoms with Gasteiger partial charge in [0.2, 0.25) is 0 Å². The molecule has 0 saturated heterocycles. The fourth-order valence-electron chi connectivity index (χ4n) is 1.30. The molecule has 16 heavy (non-hydrogen) atoms. The maximum absolute atomic E-state index is 5.80. The van der Waals surface area contributed by atoms with Crippen molar-refractivity contribution >= 4 is 23.6 Å². The monoisotopic (exact) mass is 230 g/mol. The molecule has 80 valence electrons. The fraction of sp³-hybridized carbons (Fsp3) is 0.0769. The van der Waals surface area contributed by atoms with E-state index in [1.807, 2.05) is 43.3 Å². The van der Waals surface area contributed by atoms with Gasteiger partial charge in [-0.05, 0) is 36.2 Å². The fourth-order valence-corrected chi connectivity index (χ4v) is 1.42. The summed E-state index contributed by atoms with van der Waals surface area (Å²) >= 11 is 5.80. The second kappa shape index (κ2) is 4.90. The van der Waals surface area contributed by atoms with E-state index >= 15 is 0 Å². The molecule has 0 aliphatic carbocycles. The van der Waals surface area contributed by atoms with E-state index in [9.17, 15) is 0 Å². The van der Waals surface area contributed by atoms with Crippen LogP contribution in [0.4, 0.5) is 5.82 Å². The Morgan fingerprint density at radius 2 is 1.94 bits per heavy atom. The van der Waals surface area contributed by atoms with Crippen molar-refractivity contribution in [3.05, 3.63) is 58.7 Å². The first-order valence-electron chi connectivity index (χ1n) is 4.97. The molecular formula is C13H11ClN2. The minimum atomic E-state index is 0.728. The van der Waals surface area contributed by atoms with E-state index in [2.05, 4.69) is 9.98 Å². The number of rotatable bonds is 2. The number of hydrogen-bond donors (Lipinski definition) is 0. The van der Waals surface area contributed by atoms with Crippen LogP contribution in [-0.4, -0.2) is 11.2 Å². The number of aryl methyl sites for hydroxylation is 1. The number of hydrogen-bond acceptors (Lipinski definition) is 2. The van der Waals surface area contributed by atoms with Gasteiger partial charge in [0.05, 0.1) is 0 Å². The summed E-state index contributed by atoms with van der Waals surface area (Å²) in [7, 11) is 0. The zero-order valence-electron chi connectivity index (χ0n) is 8.89. The second-order valence-electron chi connectivity index (χ2n) is 3.45. The van der Waals surface area contributed by atoms with Crippen LogP contribution in [0.25, 0.3) is 0 Å². The van der Waals surface area contributed by atoms with Crippen molar-refractivity contribution in [2.75, 3.05) is 0 Å². The van der Waals surface area contributed by atoms with Crippen LogP contribution in [-0.2, 0) is 0 Å². The highest BCUT2D eigenvalue weighted by Crippen LogP contribution is 2.14. The minimum Gasteiger partial charge on any atom is -0.237 e. The van der Waals surface area contributed by atoms with Gasteiger partial charge in [0.25, 0.3) is 0 Å². The van der Waals surface area contributed by atoms with Gasteiger partial charge >= 0.3 is 0 Å². The Labute approximate surface area is 99.6 Å². The summed E-state index contributed by atoms with van der Waals surface area (Å²) < 4.78 is 0. The van der Waals surface area contributed by atoms with Crippen LogP contribution in [0.1, 0.15) is 11.1 Å². The van der Waals surface area contributed by atoms with E-state index in [0.29, 0.717) is 0 Å². The van der Waals surface area contributed by atoms with Crippen molar-refractivity contribution in [1.29, 1.82) is 0 Å². The van der Waals surface area contributed by atoms with E-state index in [1.54, 1.807) is 12.4 Å². The van der Waals surface area contributed by atoms with Gasteiger partial charge in [-0.2, -0.15) is 0 Å². The molecule has 0 N–H and O–H groups in total. The summed E-state index contributed by atoms with van der Waals surface area (Å²) in [5, 5.41) is 0.728. The lowest BCUT2D eigenvalue weighted by Gasteiger charge is -1.97. The van der Waals surface area contributed by atoms with Gasteiger partial charge in [-0.15, -0.1) is 0 Å². The lowest BCUT2D eigenvalue weighted by molar-refractivity contribution is 1.23. The molecule has 2 rings (SSSR count). The third kappa shape index (κ3) is 2.67. The predicted molar refractivity (Wildman–Crippen MR) is 67.7 cm³/mol. The predicted octanol–water partition coefficient (Wildman–Crippen LogP) is 3.79. The van der Waals surface area contributed by atoms with Gasteiger partial charge in [0, 0.05) is 17.4 Å². The standard InChI is InChI=1S/C13H11ClN2/c1-10-3-2-8-15-13(10)16-9-11-4-6-12(14)7-5-11/h2-9H,1H3/b16-9+. The summed E-state index contributed by atoms with van der Waals surface area (Å²) in [5.74, 6) is 0.748. The lowest BCUT2D eigenvalue weighted by atomic mass is 10.2. The van der Waals surface area contributed by atoms with Crippen LogP contribution in [0.15, 0.2) is 47.6 Å². The van der Waals surface area contributed by atoms with E-state index in [1.165, 1.54) is 0 Å². The van der Waals surface area contributed by atoms with Gasteiger partial charge in [-0.3, -0.25) is 0 Å². The van der Waals surface area contributed by atoms with Crippen LogP contribution in [0, 0.1) is 6.92 Å².